The van der Waals surface area contributed by atoms with Crippen LogP contribution in [-0.4, -0.2) is 56.6 Å². The summed E-state index contributed by atoms with van der Waals surface area (Å²) in [6.07, 6.45) is 4.84. The predicted molar refractivity (Wildman–Crippen MR) is 123 cm³/mol. The number of likely N-dealkylation sites (N-methyl/N-ethyl adjacent to an activating group) is 1. The Labute approximate surface area is 184 Å². The van der Waals surface area contributed by atoms with Crippen molar-refractivity contribution in [3.8, 4) is 0 Å². The van der Waals surface area contributed by atoms with E-state index < -0.39 is 0 Å². The molecule has 2 aromatic heterocycles. The summed E-state index contributed by atoms with van der Waals surface area (Å²) in [5.41, 5.74) is 3.35. The van der Waals surface area contributed by atoms with Crippen LogP contribution in [0.3, 0.4) is 0 Å². The van der Waals surface area contributed by atoms with Gasteiger partial charge >= 0.3 is 0 Å². The average Bonchev–Trinajstić information content (AvgIpc) is 3.48. The first-order valence-corrected chi connectivity index (χ1v) is 11.6. The molecular formula is C23H35N7O. The number of carbonyl (C=O) groups is 1. The Hall–Kier alpha value is -2.64. The number of aryl methyl sites for hydroxylation is 1. The molecule has 2 N–H and O–H groups in total. The van der Waals surface area contributed by atoms with E-state index in [0.717, 1.165) is 74.8 Å². The van der Waals surface area contributed by atoms with Gasteiger partial charge in [-0.1, -0.05) is 20.8 Å². The van der Waals surface area contributed by atoms with Gasteiger partial charge in [0.25, 0.3) is 0 Å². The van der Waals surface area contributed by atoms with E-state index in [4.69, 9.17) is 9.97 Å². The number of nitrogens with one attached hydrogen (secondary N) is 2. The summed E-state index contributed by atoms with van der Waals surface area (Å²) in [6.45, 7) is 12.8. The van der Waals surface area contributed by atoms with Gasteiger partial charge in [0.05, 0.1) is 5.69 Å². The second-order valence-corrected chi connectivity index (χ2v) is 9.55. The maximum atomic E-state index is 13.1. The van der Waals surface area contributed by atoms with E-state index in [1.54, 1.807) is 0 Å². The van der Waals surface area contributed by atoms with Crippen molar-refractivity contribution in [2.45, 2.75) is 78.2 Å². The molecule has 1 fully saturated rings. The zero-order valence-corrected chi connectivity index (χ0v) is 19.5. The molecule has 1 aliphatic heterocycles. The average molecular weight is 426 g/mol. The smallest absolute Gasteiger partial charge is 0.245 e. The van der Waals surface area contributed by atoms with Gasteiger partial charge in [-0.3, -0.25) is 9.89 Å². The fourth-order valence-corrected chi connectivity index (χ4v) is 4.55. The fraction of sp³-hybridized carbons (Fsp3) is 0.652. The first-order valence-electron chi connectivity index (χ1n) is 11.6. The highest BCUT2D eigenvalue weighted by Crippen LogP contribution is 2.33. The number of anilines is 3. The number of nitrogens with zero attached hydrogens (tertiary/aromatic N) is 5. The van der Waals surface area contributed by atoms with Crippen molar-refractivity contribution in [1.29, 1.82) is 0 Å². The second kappa shape index (κ2) is 8.48. The van der Waals surface area contributed by atoms with Crippen molar-refractivity contribution in [3.05, 3.63) is 23.0 Å². The van der Waals surface area contributed by atoms with Crippen molar-refractivity contribution in [2.24, 2.45) is 0 Å². The quantitative estimate of drug-likeness (QED) is 0.735. The van der Waals surface area contributed by atoms with Crippen molar-refractivity contribution >= 4 is 23.5 Å². The summed E-state index contributed by atoms with van der Waals surface area (Å²) in [5.74, 6) is 2.44. The monoisotopic (exact) mass is 425 g/mol. The van der Waals surface area contributed by atoms with Gasteiger partial charge in [0, 0.05) is 42.4 Å². The topological polar surface area (TPSA) is 90.0 Å². The van der Waals surface area contributed by atoms with Gasteiger partial charge in [-0.2, -0.15) is 10.1 Å². The van der Waals surface area contributed by atoms with Crippen LogP contribution in [0, 0.1) is 0 Å². The van der Waals surface area contributed by atoms with Crippen molar-refractivity contribution in [1.82, 2.24) is 25.1 Å². The molecule has 4 rings (SSSR count). The molecule has 3 heterocycles. The second-order valence-electron chi connectivity index (χ2n) is 9.55. The predicted octanol–water partition coefficient (Wildman–Crippen LogP) is 3.57. The molecule has 2 aliphatic rings. The van der Waals surface area contributed by atoms with Crippen LogP contribution in [0.25, 0.3) is 0 Å². The van der Waals surface area contributed by atoms with Crippen molar-refractivity contribution in [2.75, 3.05) is 29.9 Å². The van der Waals surface area contributed by atoms with Gasteiger partial charge < -0.3 is 15.1 Å². The van der Waals surface area contributed by atoms with E-state index in [9.17, 15) is 4.79 Å². The summed E-state index contributed by atoms with van der Waals surface area (Å²) in [5, 5.41) is 11.0. The Morgan fingerprint density at radius 2 is 2.00 bits per heavy atom. The van der Waals surface area contributed by atoms with Gasteiger partial charge in [0.1, 0.15) is 11.9 Å². The van der Waals surface area contributed by atoms with Crippen LogP contribution in [0.1, 0.15) is 70.8 Å². The minimum absolute atomic E-state index is 0.000721. The van der Waals surface area contributed by atoms with Crippen LogP contribution >= 0.6 is 0 Å². The maximum absolute atomic E-state index is 13.1. The van der Waals surface area contributed by atoms with E-state index in [1.807, 2.05) is 24.8 Å². The fourth-order valence-electron chi connectivity index (χ4n) is 4.55. The van der Waals surface area contributed by atoms with Crippen molar-refractivity contribution < 1.29 is 4.79 Å². The molecule has 8 heteroatoms. The molecule has 0 aromatic carbocycles. The number of aromatic amines is 1. The lowest BCUT2D eigenvalue weighted by atomic mass is 9.92. The van der Waals surface area contributed by atoms with E-state index in [-0.39, 0.29) is 17.4 Å². The first-order chi connectivity index (χ1) is 14.8. The molecule has 8 nitrogen and oxygen atoms in total. The highest BCUT2D eigenvalue weighted by Gasteiger charge is 2.35. The molecule has 0 bridgehead atoms. The Bertz CT molecular complexity index is 942. The van der Waals surface area contributed by atoms with Crippen LogP contribution in [0.15, 0.2) is 6.07 Å². The van der Waals surface area contributed by atoms with Crippen LogP contribution < -0.4 is 10.2 Å². The Morgan fingerprint density at radius 1 is 1.23 bits per heavy atom. The largest absolute Gasteiger partial charge is 0.341 e. The molecule has 1 aliphatic carbocycles. The molecule has 1 atom stereocenters. The summed E-state index contributed by atoms with van der Waals surface area (Å²) >= 11 is 0. The molecule has 0 spiro atoms. The van der Waals surface area contributed by atoms with E-state index in [1.165, 1.54) is 5.56 Å². The zero-order chi connectivity index (χ0) is 22.2. The number of hydrogen-bond acceptors (Lipinski definition) is 6. The molecular weight excluding hydrogens is 390 g/mol. The number of aromatic nitrogens is 4. The Balaban J connectivity index is 1.64. The number of fused-ring (bicyclic) bond motifs is 1. The third-order valence-corrected chi connectivity index (χ3v) is 6.42. The molecule has 2 aromatic rings. The summed E-state index contributed by atoms with van der Waals surface area (Å²) in [7, 11) is 0. The maximum Gasteiger partial charge on any atom is 0.245 e. The van der Waals surface area contributed by atoms with Gasteiger partial charge in [-0.25, -0.2) is 4.98 Å². The van der Waals surface area contributed by atoms with Gasteiger partial charge in [0.2, 0.25) is 11.9 Å². The summed E-state index contributed by atoms with van der Waals surface area (Å²) in [4.78, 5) is 26.9. The lowest BCUT2D eigenvalue weighted by Crippen LogP contribution is -2.46. The van der Waals surface area contributed by atoms with E-state index in [2.05, 4.69) is 41.2 Å². The lowest BCUT2D eigenvalue weighted by Gasteiger charge is -2.29. The van der Waals surface area contributed by atoms with Crippen LogP contribution in [0.5, 0.6) is 0 Å². The Morgan fingerprint density at radius 3 is 2.68 bits per heavy atom. The highest BCUT2D eigenvalue weighted by molar-refractivity contribution is 5.85. The minimum Gasteiger partial charge on any atom is -0.341 e. The zero-order valence-electron chi connectivity index (χ0n) is 19.5. The molecule has 1 amide bonds. The van der Waals surface area contributed by atoms with E-state index >= 15 is 0 Å². The molecule has 0 unspecified atom stereocenters. The standard InChI is InChI=1S/C23H35N7O/c1-6-29(7-2)21(31)17-12-9-13-30(17)22-24-16-11-8-10-15(16)20(26-22)25-19-14-18(27-28-19)23(3,4)5/h14,17H,6-13H2,1-5H3,(H2,24,25,26,27,28)/t17-/m0/s1. The number of H-pyrrole nitrogens is 1. The normalized spacial score (nSPS) is 18.4. The molecule has 1 saturated heterocycles. The number of amides is 1. The third kappa shape index (κ3) is 4.25. The molecule has 31 heavy (non-hydrogen) atoms. The summed E-state index contributed by atoms with van der Waals surface area (Å²) < 4.78 is 0. The van der Waals surface area contributed by atoms with E-state index in [0.29, 0.717) is 5.95 Å². The van der Waals surface area contributed by atoms with Gasteiger partial charge in [0.15, 0.2) is 5.82 Å². The number of rotatable bonds is 6. The van der Waals surface area contributed by atoms with Crippen molar-refractivity contribution in [3.63, 3.8) is 0 Å². The van der Waals surface area contributed by atoms with Crippen LogP contribution in [0.4, 0.5) is 17.6 Å². The first kappa shape index (κ1) is 21.6. The van der Waals surface area contributed by atoms with Gasteiger partial charge in [-0.05, 0) is 46.0 Å². The highest BCUT2D eigenvalue weighted by atomic mass is 16.2. The molecule has 0 radical (unpaired) electrons. The minimum atomic E-state index is -0.176. The van der Waals surface area contributed by atoms with Crippen LogP contribution in [0.2, 0.25) is 0 Å². The number of carbonyl (C=O) groups excluding carboxylic acids is 1. The molecule has 168 valence electrons. The SMILES string of the molecule is CCN(CC)C(=O)[C@@H]1CCCN1c1nc2c(c(Nc3cc(C(C)(C)C)[nH]n3)n1)CCC2. The van der Waals surface area contributed by atoms with Gasteiger partial charge in [-0.15, -0.1) is 0 Å². The number of hydrogen-bond donors (Lipinski definition) is 2. The summed E-state index contributed by atoms with van der Waals surface area (Å²) in [6, 6.07) is 1.87. The third-order valence-electron chi connectivity index (χ3n) is 6.42. The van der Waals surface area contributed by atoms with Crippen LogP contribution in [-0.2, 0) is 23.1 Å². The Kier molecular flexibility index (Phi) is 5.90. The molecule has 0 saturated carbocycles. The lowest BCUT2D eigenvalue weighted by molar-refractivity contribution is -0.132.